The molecule has 20 heavy (non-hydrogen) atoms. The Hall–Kier alpha value is -0.780. The Balaban J connectivity index is 2.44. The van der Waals surface area contributed by atoms with Crippen molar-refractivity contribution in [2.45, 2.75) is 18.9 Å². The number of halogens is 4. The van der Waals surface area contributed by atoms with Gasteiger partial charge in [0, 0.05) is 22.0 Å². The maximum Gasteiger partial charge on any atom is 0.143 e. The van der Waals surface area contributed by atoms with E-state index in [2.05, 4.69) is 31.9 Å². The number of hydrogen-bond donors (Lipinski definition) is 1. The maximum atomic E-state index is 14.1. The summed E-state index contributed by atoms with van der Waals surface area (Å²) in [6.07, 6.45) is 0.0622. The standard InChI is InChI=1S/C15H13Br2F2N/c1-15(20,10-4-2-3-5-11(10)16)8-9-13(18)7-6-12(17)14(9)19/h2-7H,8,20H2,1H3. The molecule has 2 rings (SSSR count). The molecule has 0 aliphatic rings. The average Bonchev–Trinajstić information content (AvgIpc) is 2.39. The summed E-state index contributed by atoms with van der Waals surface area (Å²) >= 11 is 6.49. The minimum atomic E-state index is -0.886. The molecule has 2 aromatic carbocycles. The summed E-state index contributed by atoms with van der Waals surface area (Å²) in [5, 5.41) is 0. The van der Waals surface area contributed by atoms with E-state index in [4.69, 9.17) is 5.73 Å². The van der Waals surface area contributed by atoms with Gasteiger partial charge in [-0.15, -0.1) is 0 Å². The molecular formula is C15H13Br2F2N. The summed E-state index contributed by atoms with van der Waals surface area (Å²) in [5.41, 5.74) is 6.18. The van der Waals surface area contributed by atoms with Crippen LogP contribution in [0, 0.1) is 11.6 Å². The normalized spacial score (nSPS) is 14.1. The smallest absolute Gasteiger partial charge is 0.143 e. The highest BCUT2D eigenvalue weighted by atomic mass is 79.9. The molecule has 0 amide bonds. The molecule has 0 aliphatic carbocycles. The minimum Gasteiger partial charge on any atom is -0.321 e. The van der Waals surface area contributed by atoms with Crippen molar-refractivity contribution in [2.75, 3.05) is 0 Å². The molecule has 0 aliphatic heterocycles. The van der Waals surface area contributed by atoms with E-state index in [0.29, 0.717) is 0 Å². The van der Waals surface area contributed by atoms with E-state index in [1.54, 1.807) is 6.92 Å². The van der Waals surface area contributed by atoms with Gasteiger partial charge in [0.2, 0.25) is 0 Å². The summed E-state index contributed by atoms with van der Waals surface area (Å²) in [6.45, 7) is 1.76. The molecule has 2 N–H and O–H groups in total. The molecule has 1 unspecified atom stereocenters. The number of nitrogens with two attached hydrogens (primary N) is 1. The van der Waals surface area contributed by atoms with Crippen LogP contribution in [-0.4, -0.2) is 0 Å². The third kappa shape index (κ3) is 3.10. The van der Waals surface area contributed by atoms with Crippen LogP contribution in [0.1, 0.15) is 18.1 Å². The van der Waals surface area contributed by atoms with Crippen molar-refractivity contribution < 1.29 is 8.78 Å². The topological polar surface area (TPSA) is 26.0 Å². The summed E-state index contributed by atoms with van der Waals surface area (Å²) in [4.78, 5) is 0. The van der Waals surface area contributed by atoms with Gasteiger partial charge in [0.25, 0.3) is 0 Å². The van der Waals surface area contributed by atoms with Crippen LogP contribution in [0.25, 0.3) is 0 Å². The Morgan fingerprint density at radius 1 is 1.05 bits per heavy atom. The van der Waals surface area contributed by atoms with Gasteiger partial charge in [-0.25, -0.2) is 8.78 Å². The molecule has 0 radical (unpaired) electrons. The van der Waals surface area contributed by atoms with E-state index >= 15 is 0 Å². The summed E-state index contributed by atoms with van der Waals surface area (Å²) in [6, 6.07) is 9.99. The summed E-state index contributed by atoms with van der Waals surface area (Å²) in [5.74, 6) is -1.19. The lowest BCUT2D eigenvalue weighted by molar-refractivity contribution is 0.452. The highest BCUT2D eigenvalue weighted by Crippen LogP contribution is 2.32. The van der Waals surface area contributed by atoms with Crippen LogP contribution < -0.4 is 5.73 Å². The SMILES string of the molecule is CC(N)(Cc1c(F)ccc(Br)c1F)c1ccccc1Br. The van der Waals surface area contributed by atoms with Gasteiger partial charge < -0.3 is 5.73 Å². The Kier molecular flexibility index (Phi) is 4.62. The zero-order chi connectivity index (χ0) is 14.9. The lowest BCUT2D eigenvalue weighted by atomic mass is 9.86. The van der Waals surface area contributed by atoms with E-state index in [1.807, 2.05) is 24.3 Å². The van der Waals surface area contributed by atoms with Crippen molar-refractivity contribution in [3.05, 3.63) is 68.1 Å². The molecule has 1 atom stereocenters. The van der Waals surface area contributed by atoms with Crippen LogP contribution in [0.4, 0.5) is 8.78 Å². The second-order valence-electron chi connectivity index (χ2n) is 4.90. The fraction of sp³-hybridized carbons (Fsp3) is 0.200. The quantitative estimate of drug-likeness (QED) is 0.723. The summed E-state index contributed by atoms with van der Waals surface area (Å²) < 4.78 is 29.0. The van der Waals surface area contributed by atoms with Gasteiger partial charge in [0.1, 0.15) is 11.6 Å². The molecule has 5 heteroatoms. The highest BCUT2D eigenvalue weighted by Gasteiger charge is 2.27. The number of hydrogen-bond acceptors (Lipinski definition) is 1. The first kappa shape index (κ1) is 15.6. The highest BCUT2D eigenvalue weighted by molar-refractivity contribution is 9.10. The number of rotatable bonds is 3. The zero-order valence-electron chi connectivity index (χ0n) is 10.8. The molecule has 2 aromatic rings. The molecule has 0 spiro atoms. The third-order valence-electron chi connectivity index (χ3n) is 3.17. The van der Waals surface area contributed by atoms with Gasteiger partial charge in [0.05, 0.1) is 4.47 Å². The summed E-state index contributed by atoms with van der Waals surface area (Å²) in [7, 11) is 0. The van der Waals surface area contributed by atoms with E-state index in [-0.39, 0.29) is 16.5 Å². The second-order valence-corrected chi connectivity index (χ2v) is 6.60. The molecule has 0 heterocycles. The van der Waals surface area contributed by atoms with Crippen LogP contribution in [0.3, 0.4) is 0 Å². The first-order valence-electron chi connectivity index (χ1n) is 5.99. The van der Waals surface area contributed by atoms with E-state index in [9.17, 15) is 8.78 Å². The van der Waals surface area contributed by atoms with Crippen molar-refractivity contribution in [3.8, 4) is 0 Å². The first-order valence-corrected chi connectivity index (χ1v) is 7.58. The fourth-order valence-corrected chi connectivity index (χ4v) is 3.23. The molecule has 0 bridgehead atoms. The Bertz CT molecular complexity index is 642. The maximum absolute atomic E-state index is 14.1. The van der Waals surface area contributed by atoms with E-state index in [0.717, 1.165) is 10.0 Å². The van der Waals surface area contributed by atoms with Gasteiger partial charge in [-0.1, -0.05) is 34.1 Å². The Labute approximate surface area is 133 Å². The Morgan fingerprint density at radius 3 is 2.35 bits per heavy atom. The average molecular weight is 405 g/mol. The molecule has 106 valence electrons. The van der Waals surface area contributed by atoms with Crippen LogP contribution in [-0.2, 0) is 12.0 Å². The third-order valence-corrected chi connectivity index (χ3v) is 4.48. The molecule has 1 nitrogen and oxygen atoms in total. The van der Waals surface area contributed by atoms with E-state index < -0.39 is 17.2 Å². The predicted molar refractivity (Wildman–Crippen MR) is 83.4 cm³/mol. The van der Waals surface area contributed by atoms with Crippen molar-refractivity contribution in [2.24, 2.45) is 5.73 Å². The van der Waals surface area contributed by atoms with Gasteiger partial charge >= 0.3 is 0 Å². The van der Waals surface area contributed by atoms with Gasteiger partial charge in [0.15, 0.2) is 0 Å². The predicted octanol–water partition coefficient (Wildman–Crippen LogP) is 4.91. The molecular weight excluding hydrogens is 392 g/mol. The minimum absolute atomic E-state index is 0.0138. The van der Waals surface area contributed by atoms with Crippen LogP contribution in [0.15, 0.2) is 45.3 Å². The zero-order valence-corrected chi connectivity index (χ0v) is 13.9. The molecule has 0 saturated heterocycles. The lowest BCUT2D eigenvalue weighted by Gasteiger charge is -2.27. The van der Waals surface area contributed by atoms with Crippen molar-refractivity contribution >= 4 is 31.9 Å². The monoisotopic (exact) mass is 403 g/mol. The molecule has 0 saturated carbocycles. The van der Waals surface area contributed by atoms with Crippen molar-refractivity contribution in [3.63, 3.8) is 0 Å². The Morgan fingerprint density at radius 2 is 1.70 bits per heavy atom. The van der Waals surface area contributed by atoms with Crippen molar-refractivity contribution in [1.82, 2.24) is 0 Å². The van der Waals surface area contributed by atoms with Crippen molar-refractivity contribution in [1.29, 1.82) is 0 Å². The van der Waals surface area contributed by atoms with Crippen LogP contribution >= 0.6 is 31.9 Å². The van der Waals surface area contributed by atoms with Gasteiger partial charge in [-0.2, -0.15) is 0 Å². The fourth-order valence-electron chi connectivity index (χ4n) is 2.12. The van der Waals surface area contributed by atoms with Gasteiger partial charge in [-0.3, -0.25) is 0 Å². The molecule has 0 fully saturated rings. The lowest BCUT2D eigenvalue weighted by Crippen LogP contribution is -2.36. The first-order chi connectivity index (χ1) is 9.33. The molecule has 0 aromatic heterocycles. The largest absolute Gasteiger partial charge is 0.321 e. The number of benzene rings is 2. The van der Waals surface area contributed by atoms with Crippen LogP contribution in [0.2, 0.25) is 0 Å². The van der Waals surface area contributed by atoms with E-state index in [1.165, 1.54) is 12.1 Å². The van der Waals surface area contributed by atoms with Gasteiger partial charge in [-0.05, 0) is 46.6 Å². The second kappa shape index (κ2) is 5.92. The van der Waals surface area contributed by atoms with Crippen LogP contribution in [0.5, 0.6) is 0 Å².